The fraction of sp³-hybridized carbons (Fsp3) is 0.300. The largest absolute Gasteiger partial charge is 0.345 e. The fourth-order valence-electron chi connectivity index (χ4n) is 3.48. The molecule has 0 atom stereocenters. The number of aromatic nitrogens is 4. The van der Waals surface area contributed by atoms with Gasteiger partial charge >= 0.3 is 0 Å². The van der Waals surface area contributed by atoms with E-state index in [0.717, 1.165) is 47.5 Å². The van der Waals surface area contributed by atoms with Gasteiger partial charge in [-0.2, -0.15) is 5.10 Å². The van der Waals surface area contributed by atoms with Gasteiger partial charge in [0.05, 0.1) is 17.9 Å². The number of fused-ring (bicyclic) bond motifs is 1. The van der Waals surface area contributed by atoms with Crippen molar-refractivity contribution in [3.8, 4) is 5.69 Å². The maximum Gasteiger partial charge on any atom is 0.272 e. The molecular formula is C20H21N5O. The number of rotatable bonds is 4. The molecule has 0 unspecified atom stereocenters. The Hall–Kier alpha value is -3.02. The Kier molecular flexibility index (Phi) is 4.24. The summed E-state index contributed by atoms with van der Waals surface area (Å²) in [5.41, 5.74) is 5.74. The fourth-order valence-corrected chi connectivity index (χ4v) is 3.48. The van der Waals surface area contributed by atoms with E-state index in [1.165, 1.54) is 0 Å². The number of carbonyl (C=O) groups excluding carboxylic acids is 1. The molecule has 0 radical (unpaired) electrons. The highest BCUT2D eigenvalue weighted by atomic mass is 16.1. The second-order valence-electron chi connectivity index (χ2n) is 6.60. The summed E-state index contributed by atoms with van der Waals surface area (Å²) < 4.78 is 1.95. The predicted octanol–water partition coefficient (Wildman–Crippen LogP) is 2.70. The molecule has 3 aromatic rings. The van der Waals surface area contributed by atoms with Crippen molar-refractivity contribution in [3.63, 3.8) is 0 Å². The third kappa shape index (κ3) is 2.98. The summed E-state index contributed by atoms with van der Waals surface area (Å²) in [6, 6.07) is 9.94. The molecule has 1 N–H and O–H groups in total. The van der Waals surface area contributed by atoms with Crippen LogP contribution < -0.4 is 5.32 Å². The zero-order chi connectivity index (χ0) is 18.1. The van der Waals surface area contributed by atoms with Crippen molar-refractivity contribution in [3.05, 3.63) is 70.6 Å². The Morgan fingerprint density at radius 3 is 2.85 bits per heavy atom. The number of nitrogens with zero attached hydrogens (tertiary/aromatic N) is 4. The number of hydrogen-bond acceptors (Lipinski definition) is 4. The van der Waals surface area contributed by atoms with E-state index in [1.54, 1.807) is 6.20 Å². The molecule has 132 valence electrons. The molecule has 2 aromatic heterocycles. The average Bonchev–Trinajstić information content (AvgIpc) is 3.23. The quantitative estimate of drug-likeness (QED) is 0.787. The van der Waals surface area contributed by atoms with Crippen LogP contribution >= 0.6 is 0 Å². The van der Waals surface area contributed by atoms with E-state index in [0.29, 0.717) is 18.1 Å². The molecule has 1 aliphatic carbocycles. The Labute approximate surface area is 152 Å². The lowest BCUT2D eigenvalue weighted by Gasteiger charge is -2.08. The van der Waals surface area contributed by atoms with Gasteiger partial charge in [-0.25, -0.2) is 14.6 Å². The molecule has 4 rings (SSSR count). The number of benzene rings is 1. The summed E-state index contributed by atoms with van der Waals surface area (Å²) in [4.78, 5) is 21.2. The second-order valence-corrected chi connectivity index (χ2v) is 6.60. The van der Waals surface area contributed by atoms with Gasteiger partial charge in [0.2, 0.25) is 0 Å². The molecule has 0 saturated carbocycles. The van der Waals surface area contributed by atoms with Gasteiger partial charge in [0, 0.05) is 17.5 Å². The van der Waals surface area contributed by atoms with E-state index in [1.807, 2.05) is 35.9 Å². The van der Waals surface area contributed by atoms with E-state index in [4.69, 9.17) is 0 Å². The van der Waals surface area contributed by atoms with Crippen LogP contribution in [-0.2, 0) is 19.4 Å². The van der Waals surface area contributed by atoms with Crippen LogP contribution in [0.5, 0.6) is 0 Å². The second kappa shape index (κ2) is 6.71. The summed E-state index contributed by atoms with van der Waals surface area (Å²) >= 11 is 0. The number of amides is 1. The number of carbonyl (C=O) groups is 1. The lowest BCUT2D eigenvalue weighted by atomic mass is 10.2. The molecular weight excluding hydrogens is 326 g/mol. The van der Waals surface area contributed by atoms with Crippen LogP contribution in [0.1, 0.15) is 45.2 Å². The average molecular weight is 347 g/mol. The maximum atomic E-state index is 12.8. The molecule has 0 fully saturated rings. The smallest absolute Gasteiger partial charge is 0.272 e. The van der Waals surface area contributed by atoms with E-state index in [9.17, 15) is 4.79 Å². The van der Waals surface area contributed by atoms with Gasteiger partial charge in [0.1, 0.15) is 5.82 Å². The van der Waals surface area contributed by atoms with Gasteiger partial charge in [0.15, 0.2) is 5.69 Å². The van der Waals surface area contributed by atoms with E-state index >= 15 is 0 Å². The predicted molar refractivity (Wildman–Crippen MR) is 98.3 cm³/mol. The highest BCUT2D eigenvalue weighted by Gasteiger charge is 2.27. The summed E-state index contributed by atoms with van der Waals surface area (Å²) in [6.45, 7) is 4.27. The molecule has 0 bridgehead atoms. The van der Waals surface area contributed by atoms with Gasteiger partial charge in [-0.05, 0) is 50.8 Å². The van der Waals surface area contributed by atoms with Crippen LogP contribution in [0.2, 0.25) is 0 Å². The highest BCUT2D eigenvalue weighted by molar-refractivity contribution is 5.94. The first-order valence-electron chi connectivity index (χ1n) is 8.87. The Morgan fingerprint density at radius 1 is 1.19 bits per heavy atom. The normalized spacial score (nSPS) is 12.8. The minimum atomic E-state index is -0.147. The Morgan fingerprint density at radius 2 is 2.04 bits per heavy atom. The number of para-hydroxylation sites is 1. The molecule has 6 nitrogen and oxygen atoms in total. The molecule has 0 aliphatic heterocycles. The van der Waals surface area contributed by atoms with E-state index in [-0.39, 0.29) is 5.91 Å². The van der Waals surface area contributed by atoms with Crippen molar-refractivity contribution in [2.75, 3.05) is 0 Å². The van der Waals surface area contributed by atoms with Crippen molar-refractivity contribution >= 4 is 5.91 Å². The molecule has 2 heterocycles. The van der Waals surface area contributed by atoms with Gasteiger partial charge in [-0.15, -0.1) is 0 Å². The summed E-state index contributed by atoms with van der Waals surface area (Å²) in [6.07, 6.45) is 4.62. The van der Waals surface area contributed by atoms with Gasteiger partial charge in [-0.1, -0.05) is 18.2 Å². The summed E-state index contributed by atoms with van der Waals surface area (Å²) in [5, 5.41) is 7.61. The molecule has 0 spiro atoms. The monoisotopic (exact) mass is 347 g/mol. The van der Waals surface area contributed by atoms with E-state index < -0.39 is 0 Å². The molecule has 6 heteroatoms. The van der Waals surface area contributed by atoms with Crippen LogP contribution in [0.25, 0.3) is 5.69 Å². The molecule has 26 heavy (non-hydrogen) atoms. The van der Waals surface area contributed by atoms with Crippen molar-refractivity contribution in [1.29, 1.82) is 0 Å². The minimum Gasteiger partial charge on any atom is -0.345 e. The van der Waals surface area contributed by atoms with Crippen molar-refractivity contribution in [2.24, 2.45) is 0 Å². The number of aryl methyl sites for hydroxylation is 2. The third-order valence-electron chi connectivity index (χ3n) is 4.75. The summed E-state index contributed by atoms with van der Waals surface area (Å²) in [5.74, 6) is 0.549. The van der Waals surface area contributed by atoms with Crippen molar-refractivity contribution < 1.29 is 4.79 Å². The van der Waals surface area contributed by atoms with Crippen LogP contribution in [0, 0.1) is 13.8 Å². The number of hydrogen-bond donors (Lipinski definition) is 1. The first kappa shape index (κ1) is 16.4. The van der Waals surface area contributed by atoms with Crippen LogP contribution in [0.4, 0.5) is 0 Å². The zero-order valence-electron chi connectivity index (χ0n) is 15.0. The maximum absolute atomic E-state index is 12.8. The number of nitrogens with one attached hydrogen (secondary N) is 1. The van der Waals surface area contributed by atoms with Gasteiger partial charge in [-0.3, -0.25) is 4.79 Å². The molecule has 1 aliphatic rings. The van der Waals surface area contributed by atoms with Crippen LogP contribution in [-0.4, -0.2) is 25.7 Å². The third-order valence-corrected chi connectivity index (χ3v) is 4.75. The molecule has 1 amide bonds. The van der Waals surface area contributed by atoms with Crippen molar-refractivity contribution in [1.82, 2.24) is 25.1 Å². The van der Waals surface area contributed by atoms with Gasteiger partial charge < -0.3 is 5.32 Å². The zero-order valence-corrected chi connectivity index (χ0v) is 15.0. The molecule has 0 saturated heterocycles. The van der Waals surface area contributed by atoms with Crippen LogP contribution in [0.15, 0.2) is 36.5 Å². The standard InChI is InChI=1S/C20H21N5O/c1-13-6-3-4-8-17(13)25-18-9-5-7-16(18)19(24-25)20(26)22-12-15-10-11-21-14(2)23-15/h3-4,6,8,10-11H,5,7,9,12H2,1-2H3,(H,22,26). The lowest BCUT2D eigenvalue weighted by Crippen LogP contribution is -2.25. The lowest BCUT2D eigenvalue weighted by molar-refractivity contribution is 0.0944. The highest BCUT2D eigenvalue weighted by Crippen LogP contribution is 2.28. The molecule has 1 aromatic carbocycles. The van der Waals surface area contributed by atoms with Crippen LogP contribution in [0.3, 0.4) is 0 Å². The van der Waals surface area contributed by atoms with E-state index in [2.05, 4.69) is 33.4 Å². The van der Waals surface area contributed by atoms with Gasteiger partial charge in [0.25, 0.3) is 5.91 Å². The SMILES string of the molecule is Cc1nccc(CNC(=O)c2nn(-c3ccccc3C)c3c2CCC3)n1. The first-order valence-corrected chi connectivity index (χ1v) is 8.87. The van der Waals surface area contributed by atoms with Crippen molar-refractivity contribution in [2.45, 2.75) is 39.7 Å². The topological polar surface area (TPSA) is 72.7 Å². The first-order chi connectivity index (χ1) is 12.6. The Bertz CT molecular complexity index is 976. The summed E-state index contributed by atoms with van der Waals surface area (Å²) in [7, 11) is 0. The minimum absolute atomic E-state index is 0.147. The Balaban J connectivity index is 1.62.